The van der Waals surface area contributed by atoms with Crippen molar-refractivity contribution >= 4 is 11.9 Å². The Morgan fingerprint density at radius 1 is 0.607 bits per heavy atom. The number of rotatable bonds is 45. The molecule has 61 heavy (non-hydrogen) atoms. The second-order valence-electron chi connectivity index (χ2n) is 16.5. The minimum Gasteiger partial charge on any atom is -0.465 e. The molecule has 0 aromatic carbocycles. The van der Waals surface area contributed by atoms with E-state index in [0.29, 0.717) is 39.0 Å². The number of carbonyl (C=O) groups excluding carboxylic acids is 2. The summed E-state index contributed by atoms with van der Waals surface area (Å²) in [4.78, 5) is 29.9. The Balaban J connectivity index is 2.53. The summed E-state index contributed by atoms with van der Waals surface area (Å²) < 4.78 is 36.5. The second-order valence-corrected chi connectivity index (χ2v) is 16.5. The molecule has 0 fully saturated rings. The van der Waals surface area contributed by atoms with Gasteiger partial charge in [0.15, 0.2) is 6.29 Å². The highest BCUT2D eigenvalue weighted by atomic mass is 16.8. The Morgan fingerprint density at radius 3 is 1.70 bits per heavy atom. The van der Waals surface area contributed by atoms with Crippen LogP contribution >= 0.6 is 0 Å². The lowest BCUT2D eigenvalue weighted by molar-refractivity contribution is -0.269. The summed E-state index contributed by atoms with van der Waals surface area (Å²) >= 11 is 0. The average molecular weight is 863 g/mol. The first-order valence-electron chi connectivity index (χ1n) is 24.6. The molecule has 1 rings (SSSR count). The van der Waals surface area contributed by atoms with Gasteiger partial charge in [-0.1, -0.05) is 141 Å². The SMILES string of the molecule is CCCCC/C=C\C/C=C\CCCCCCCC(=O)OCC(COC(=O)CCC(OCCCCCCCC)OCCCCCCCC)COC(O)OCCCn1ccnc1C. The monoisotopic (exact) mass is 863 g/mol. The topological polar surface area (TPSA) is 128 Å². The molecular formula is C50H90N2O9. The zero-order valence-corrected chi connectivity index (χ0v) is 39.3. The van der Waals surface area contributed by atoms with Crippen LogP contribution in [-0.4, -0.2) is 79.0 Å². The van der Waals surface area contributed by atoms with Crippen LogP contribution in [0, 0.1) is 12.8 Å². The Kier molecular flexibility index (Phi) is 39.5. The fraction of sp³-hybridized carbons (Fsp3) is 0.820. The highest BCUT2D eigenvalue weighted by Gasteiger charge is 2.19. The largest absolute Gasteiger partial charge is 0.465 e. The van der Waals surface area contributed by atoms with Crippen LogP contribution in [0.25, 0.3) is 0 Å². The van der Waals surface area contributed by atoms with Crippen molar-refractivity contribution in [1.82, 2.24) is 9.55 Å². The lowest BCUT2D eigenvalue weighted by Gasteiger charge is -2.21. The number of imidazole rings is 1. The molecule has 0 aliphatic heterocycles. The van der Waals surface area contributed by atoms with Gasteiger partial charge in [0.25, 0.3) is 6.48 Å². The van der Waals surface area contributed by atoms with E-state index in [4.69, 9.17) is 28.4 Å². The molecule has 0 radical (unpaired) electrons. The molecule has 0 aliphatic rings. The molecule has 11 heteroatoms. The summed E-state index contributed by atoms with van der Waals surface area (Å²) in [5.41, 5.74) is 0. The predicted octanol–water partition coefficient (Wildman–Crippen LogP) is 12.3. The van der Waals surface area contributed by atoms with Crippen LogP contribution in [0.4, 0.5) is 0 Å². The highest BCUT2D eigenvalue weighted by Crippen LogP contribution is 2.14. The molecule has 1 N–H and O–H groups in total. The number of nitrogens with zero attached hydrogens (tertiary/aromatic N) is 2. The number of aliphatic hydroxyl groups excluding tert-OH is 1. The van der Waals surface area contributed by atoms with Gasteiger partial charge in [-0.3, -0.25) is 9.59 Å². The van der Waals surface area contributed by atoms with E-state index in [9.17, 15) is 14.7 Å². The zero-order valence-electron chi connectivity index (χ0n) is 39.3. The van der Waals surface area contributed by atoms with E-state index in [1.807, 2.05) is 17.7 Å². The number of hydrogen-bond donors (Lipinski definition) is 1. The molecule has 11 nitrogen and oxygen atoms in total. The van der Waals surface area contributed by atoms with Crippen LogP contribution in [0.2, 0.25) is 0 Å². The molecule has 2 atom stereocenters. The van der Waals surface area contributed by atoms with Crippen molar-refractivity contribution in [2.24, 2.45) is 5.92 Å². The van der Waals surface area contributed by atoms with Gasteiger partial charge >= 0.3 is 11.9 Å². The molecule has 0 bridgehead atoms. The van der Waals surface area contributed by atoms with Gasteiger partial charge in [0.1, 0.15) is 5.82 Å². The van der Waals surface area contributed by atoms with Gasteiger partial charge in [0, 0.05) is 45.0 Å². The van der Waals surface area contributed by atoms with Crippen LogP contribution in [0.1, 0.15) is 200 Å². The van der Waals surface area contributed by atoms with Gasteiger partial charge in [-0.15, -0.1) is 0 Å². The summed E-state index contributed by atoms with van der Waals surface area (Å²) in [6.07, 6.45) is 40.1. The molecule has 1 heterocycles. The van der Waals surface area contributed by atoms with E-state index in [2.05, 4.69) is 50.1 Å². The first-order valence-corrected chi connectivity index (χ1v) is 24.6. The smallest absolute Gasteiger partial charge is 0.305 e. The maximum Gasteiger partial charge on any atom is 0.305 e. The van der Waals surface area contributed by atoms with Gasteiger partial charge in [-0.05, 0) is 64.7 Å². The van der Waals surface area contributed by atoms with E-state index >= 15 is 0 Å². The zero-order chi connectivity index (χ0) is 44.3. The summed E-state index contributed by atoms with van der Waals surface area (Å²) in [5.74, 6) is -0.241. The first kappa shape index (κ1) is 56.4. The average Bonchev–Trinajstić information content (AvgIpc) is 3.68. The van der Waals surface area contributed by atoms with Gasteiger partial charge in [-0.2, -0.15) is 0 Å². The maximum absolute atomic E-state index is 13.0. The van der Waals surface area contributed by atoms with Gasteiger partial charge in [0.2, 0.25) is 0 Å². The Labute approximate surface area is 372 Å². The van der Waals surface area contributed by atoms with Crippen molar-refractivity contribution in [2.45, 2.75) is 220 Å². The van der Waals surface area contributed by atoms with Crippen LogP contribution in [-0.2, 0) is 44.6 Å². The molecule has 2 unspecified atom stereocenters. The quantitative estimate of drug-likeness (QED) is 0.0293. The Morgan fingerprint density at radius 2 is 1.11 bits per heavy atom. The lowest BCUT2D eigenvalue weighted by Crippen LogP contribution is -2.29. The molecular weight excluding hydrogens is 773 g/mol. The molecule has 1 aromatic heterocycles. The number of unbranched alkanes of at least 4 members (excludes halogenated alkanes) is 18. The Hall–Kier alpha value is -2.57. The number of carbonyl (C=O) groups is 2. The van der Waals surface area contributed by atoms with E-state index in [-0.39, 0.29) is 44.8 Å². The minimum absolute atomic E-state index is 0.00433. The third-order valence-electron chi connectivity index (χ3n) is 10.7. The van der Waals surface area contributed by atoms with Crippen LogP contribution in [0.3, 0.4) is 0 Å². The number of aliphatic hydroxyl groups is 1. The number of hydrogen-bond acceptors (Lipinski definition) is 10. The molecule has 0 amide bonds. The molecule has 0 aliphatic carbocycles. The van der Waals surface area contributed by atoms with Crippen molar-refractivity contribution in [1.29, 1.82) is 0 Å². The Bertz CT molecular complexity index is 1170. The summed E-state index contributed by atoms with van der Waals surface area (Å²) in [6.45, 7) is 9.31. The van der Waals surface area contributed by atoms with Gasteiger partial charge < -0.3 is 38.1 Å². The van der Waals surface area contributed by atoms with E-state index in [0.717, 1.165) is 76.5 Å². The van der Waals surface area contributed by atoms with Gasteiger partial charge in [0.05, 0.1) is 38.8 Å². The first-order chi connectivity index (χ1) is 29.9. The summed E-state index contributed by atoms with van der Waals surface area (Å²) in [6, 6.07) is 0. The number of ether oxygens (including phenoxy) is 6. The van der Waals surface area contributed by atoms with Crippen molar-refractivity contribution in [2.75, 3.05) is 39.6 Å². The van der Waals surface area contributed by atoms with Crippen LogP contribution in [0.5, 0.6) is 0 Å². The minimum atomic E-state index is -1.46. The fourth-order valence-corrected chi connectivity index (χ4v) is 6.76. The number of esters is 2. The van der Waals surface area contributed by atoms with E-state index < -0.39 is 18.7 Å². The maximum atomic E-state index is 13.0. The molecule has 0 saturated carbocycles. The van der Waals surface area contributed by atoms with Gasteiger partial charge in [-0.25, -0.2) is 4.98 Å². The number of aryl methyl sites for hydroxylation is 2. The third kappa shape index (κ3) is 36.6. The van der Waals surface area contributed by atoms with Crippen molar-refractivity contribution in [3.8, 4) is 0 Å². The molecule has 0 saturated heterocycles. The summed E-state index contributed by atoms with van der Waals surface area (Å²) in [5, 5.41) is 10.4. The standard InChI is InChI=1S/C50H90N2O9/c1-5-8-11-14-17-18-19-20-21-22-23-24-25-26-29-33-47(53)59-42-46(44-61-50(55)58-41-32-37-52-38-36-51-45(52)4)43-60-48(54)34-35-49(56-39-30-27-15-12-9-6-2)57-40-31-28-16-13-10-7-3/h17-18,20-21,36,38,46,49-50,55H,5-16,19,22-35,37,39-44H2,1-4H3/b18-17-,21-20-. The van der Waals surface area contributed by atoms with Crippen LogP contribution < -0.4 is 0 Å². The normalized spacial score (nSPS) is 12.9. The predicted molar refractivity (Wildman–Crippen MR) is 246 cm³/mol. The van der Waals surface area contributed by atoms with Crippen LogP contribution in [0.15, 0.2) is 36.7 Å². The van der Waals surface area contributed by atoms with Crippen molar-refractivity contribution in [3.63, 3.8) is 0 Å². The van der Waals surface area contributed by atoms with Crippen molar-refractivity contribution < 1.29 is 43.1 Å². The number of allylic oxidation sites excluding steroid dienone is 4. The second kappa shape index (κ2) is 42.7. The molecule has 354 valence electrons. The highest BCUT2D eigenvalue weighted by molar-refractivity contribution is 5.69. The van der Waals surface area contributed by atoms with E-state index in [1.54, 1.807) is 6.20 Å². The van der Waals surface area contributed by atoms with E-state index in [1.165, 1.54) is 77.0 Å². The molecule has 1 aromatic rings. The summed E-state index contributed by atoms with van der Waals surface area (Å²) in [7, 11) is 0. The molecule has 0 spiro atoms. The lowest BCUT2D eigenvalue weighted by atomic mass is 10.1. The fourth-order valence-electron chi connectivity index (χ4n) is 6.76. The van der Waals surface area contributed by atoms with Crippen molar-refractivity contribution in [3.05, 3.63) is 42.5 Å². The third-order valence-corrected chi connectivity index (χ3v) is 10.7. The number of aromatic nitrogens is 2.